The first-order valence-electron chi connectivity index (χ1n) is 5.36. The molecule has 1 heterocycles. The molecule has 1 aliphatic heterocycles. The van der Waals surface area contributed by atoms with Crippen LogP contribution in [0.4, 0.5) is 0 Å². The molecule has 2 N–H and O–H groups in total. The summed E-state index contributed by atoms with van der Waals surface area (Å²) < 4.78 is 5.06. The number of ether oxygens (including phenoxy) is 1. The van der Waals surface area contributed by atoms with E-state index in [1.165, 1.54) is 0 Å². The van der Waals surface area contributed by atoms with Gasteiger partial charge in [0.2, 0.25) is 0 Å². The number of hydrogen-bond donors (Lipinski definition) is 1. The first-order valence-corrected chi connectivity index (χ1v) is 5.36. The number of likely N-dealkylation sites (tertiary alicyclic amines) is 1. The average molecular weight is 200 g/mol. The summed E-state index contributed by atoms with van der Waals surface area (Å²) in [5, 5.41) is 0. The predicted octanol–water partition coefficient (Wildman–Crippen LogP) is 0.363. The van der Waals surface area contributed by atoms with E-state index < -0.39 is 0 Å². The molecule has 0 radical (unpaired) electrons. The maximum absolute atomic E-state index is 11.3. The van der Waals surface area contributed by atoms with Gasteiger partial charge in [-0.25, -0.2) is 0 Å². The van der Waals surface area contributed by atoms with Crippen molar-refractivity contribution in [3.63, 3.8) is 0 Å². The van der Waals surface area contributed by atoms with Crippen molar-refractivity contribution >= 4 is 5.97 Å². The van der Waals surface area contributed by atoms with Gasteiger partial charge in [0.05, 0.1) is 13.2 Å². The van der Waals surface area contributed by atoms with Crippen LogP contribution in [0.5, 0.6) is 0 Å². The minimum absolute atomic E-state index is 0.118. The molecule has 0 unspecified atom stereocenters. The SMILES string of the molecule is CCCCOC(=O)CN1CC[C@@H](N)C1. The molecule has 0 aromatic carbocycles. The number of rotatable bonds is 5. The zero-order valence-corrected chi connectivity index (χ0v) is 8.87. The highest BCUT2D eigenvalue weighted by Crippen LogP contribution is 2.06. The molecule has 0 bridgehead atoms. The van der Waals surface area contributed by atoms with Crippen LogP contribution < -0.4 is 5.73 Å². The van der Waals surface area contributed by atoms with Gasteiger partial charge < -0.3 is 10.5 Å². The largest absolute Gasteiger partial charge is 0.465 e. The maximum Gasteiger partial charge on any atom is 0.320 e. The molecule has 0 amide bonds. The van der Waals surface area contributed by atoms with E-state index in [0.29, 0.717) is 13.2 Å². The Morgan fingerprint density at radius 1 is 1.64 bits per heavy atom. The normalized spacial score (nSPS) is 22.6. The van der Waals surface area contributed by atoms with Crippen LogP contribution in [0.1, 0.15) is 26.2 Å². The van der Waals surface area contributed by atoms with Crippen molar-refractivity contribution in [3.8, 4) is 0 Å². The van der Waals surface area contributed by atoms with Crippen molar-refractivity contribution < 1.29 is 9.53 Å². The van der Waals surface area contributed by atoms with E-state index in [-0.39, 0.29) is 12.0 Å². The van der Waals surface area contributed by atoms with Crippen LogP contribution in [-0.2, 0) is 9.53 Å². The van der Waals surface area contributed by atoms with E-state index in [1.54, 1.807) is 0 Å². The van der Waals surface area contributed by atoms with Crippen molar-refractivity contribution in [1.29, 1.82) is 0 Å². The van der Waals surface area contributed by atoms with Gasteiger partial charge in [0.15, 0.2) is 0 Å². The summed E-state index contributed by atoms with van der Waals surface area (Å²) in [5.74, 6) is -0.118. The van der Waals surface area contributed by atoms with Crippen molar-refractivity contribution in [1.82, 2.24) is 4.90 Å². The Labute approximate surface area is 85.4 Å². The maximum atomic E-state index is 11.3. The fourth-order valence-electron chi connectivity index (χ4n) is 1.56. The molecule has 1 rings (SSSR count). The third-order valence-electron chi connectivity index (χ3n) is 2.42. The lowest BCUT2D eigenvalue weighted by molar-refractivity contribution is -0.144. The van der Waals surface area contributed by atoms with Gasteiger partial charge in [0, 0.05) is 19.1 Å². The average Bonchev–Trinajstić information content (AvgIpc) is 2.52. The summed E-state index contributed by atoms with van der Waals surface area (Å²) in [6, 6.07) is 0.235. The van der Waals surface area contributed by atoms with Crippen molar-refractivity contribution in [2.45, 2.75) is 32.2 Å². The summed E-state index contributed by atoms with van der Waals surface area (Å²) in [5.41, 5.74) is 5.73. The number of carbonyl (C=O) groups is 1. The minimum Gasteiger partial charge on any atom is -0.465 e. The van der Waals surface area contributed by atoms with Gasteiger partial charge >= 0.3 is 5.97 Å². The first kappa shape index (κ1) is 11.5. The van der Waals surface area contributed by atoms with Crippen LogP contribution in [0, 0.1) is 0 Å². The van der Waals surface area contributed by atoms with Gasteiger partial charge in [-0.05, 0) is 12.8 Å². The Bertz CT molecular complexity index is 185. The van der Waals surface area contributed by atoms with E-state index >= 15 is 0 Å². The fraction of sp³-hybridized carbons (Fsp3) is 0.900. The summed E-state index contributed by atoms with van der Waals surface area (Å²) in [6.45, 7) is 4.77. The molecule has 82 valence electrons. The zero-order chi connectivity index (χ0) is 10.4. The second-order valence-electron chi connectivity index (χ2n) is 3.86. The lowest BCUT2D eigenvalue weighted by Gasteiger charge is -2.13. The van der Waals surface area contributed by atoms with Crippen molar-refractivity contribution in [3.05, 3.63) is 0 Å². The molecule has 1 atom stereocenters. The minimum atomic E-state index is -0.118. The first-order chi connectivity index (χ1) is 6.72. The Morgan fingerprint density at radius 3 is 3.00 bits per heavy atom. The second-order valence-corrected chi connectivity index (χ2v) is 3.86. The van der Waals surface area contributed by atoms with Crippen LogP contribution in [-0.4, -0.2) is 43.2 Å². The van der Waals surface area contributed by atoms with Crippen molar-refractivity contribution in [2.24, 2.45) is 5.73 Å². The molecule has 1 saturated heterocycles. The van der Waals surface area contributed by atoms with Gasteiger partial charge in [-0.3, -0.25) is 9.69 Å². The Hall–Kier alpha value is -0.610. The molecule has 0 aliphatic carbocycles. The zero-order valence-electron chi connectivity index (χ0n) is 8.87. The number of esters is 1. The number of nitrogens with zero attached hydrogens (tertiary/aromatic N) is 1. The predicted molar refractivity (Wildman–Crippen MR) is 54.9 cm³/mol. The second kappa shape index (κ2) is 5.98. The summed E-state index contributed by atoms with van der Waals surface area (Å²) in [6.07, 6.45) is 3.00. The summed E-state index contributed by atoms with van der Waals surface area (Å²) in [4.78, 5) is 13.3. The molecule has 1 aliphatic rings. The number of carbonyl (C=O) groups excluding carboxylic acids is 1. The van der Waals surface area contributed by atoms with Crippen LogP contribution >= 0.6 is 0 Å². The number of nitrogens with two attached hydrogens (primary N) is 1. The number of hydrogen-bond acceptors (Lipinski definition) is 4. The Kier molecular flexibility index (Phi) is 4.90. The van der Waals surface area contributed by atoms with E-state index in [0.717, 1.165) is 32.4 Å². The molecular weight excluding hydrogens is 180 g/mol. The molecule has 4 nitrogen and oxygen atoms in total. The van der Waals surface area contributed by atoms with Gasteiger partial charge in [-0.1, -0.05) is 13.3 Å². The molecule has 0 aromatic heterocycles. The third kappa shape index (κ3) is 4.07. The summed E-state index contributed by atoms with van der Waals surface area (Å²) in [7, 11) is 0. The fourth-order valence-corrected chi connectivity index (χ4v) is 1.56. The van der Waals surface area contributed by atoms with E-state index in [4.69, 9.17) is 10.5 Å². The lowest BCUT2D eigenvalue weighted by Crippen LogP contribution is -2.31. The van der Waals surface area contributed by atoms with Crippen LogP contribution in [0.25, 0.3) is 0 Å². The molecule has 0 saturated carbocycles. The lowest BCUT2D eigenvalue weighted by atomic mass is 10.3. The van der Waals surface area contributed by atoms with Crippen LogP contribution in [0.15, 0.2) is 0 Å². The van der Waals surface area contributed by atoms with Gasteiger partial charge in [-0.2, -0.15) is 0 Å². The Balaban J connectivity index is 2.08. The van der Waals surface area contributed by atoms with Crippen LogP contribution in [0.3, 0.4) is 0 Å². The molecule has 14 heavy (non-hydrogen) atoms. The number of unbranched alkanes of at least 4 members (excludes halogenated alkanes) is 1. The van der Waals surface area contributed by atoms with Crippen LogP contribution in [0.2, 0.25) is 0 Å². The highest BCUT2D eigenvalue weighted by atomic mass is 16.5. The standard InChI is InChI=1S/C10H20N2O2/c1-2-3-6-14-10(13)8-12-5-4-9(11)7-12/h9H,2-8,11H2,1H3/t9-/m1/s1. The third-order valence-corrected chi connectivity index (χ3v) is 2.42. The van der Waals surface area contributed by atoms with Crippen molar-refractivity contribution in [2.75, 3.05) is 26.2 Å². The van der Waals surface area contributed by atoms with Gasteiger partial charge in [0.25, 0.3) is 0 Å². The highest BCUT2D eigenvalue weighted by molar-refractivity contribution is 5.71. The molecule has 0 spiro atoms. The molecule has 4 heteroatoms. The molecule has 1 fully saturated rings. The smallest absolute Gasteiger partial charge is 0.320 e. The van der Waals surface area contributed by atoms with E-state index in [2.05, 4.69) is 11.8 Å². The Morgan fingerprint density at radius 2 is 2.43 bits per heavy atom. The highest BCUT2D eigenvalue weighted by Gasteiger charge is 2.21. The van der Waals surface area contributed by atoms with E-state index in [9.17, 15) is 4.79 Å². The topological polar surface area (TPSA) is 55.6 Å². The monoisotopic (exact) mass is 200 g/mol. The molecule has 0 aromatic rings. The molecular formula is C10H20N2O2. The quantitative estimate of drug-likeness (QED) is 0.514. The summed E-state index contributed by atoms with van der Waals surface area (Å²) >= 11 is 0. The van der Waals surface area contributed by atoms with E-state index in [1.807, 2.05) is 0 Å². The van der Waals surface area contributed by atoms with Gasteiger partial charge in [0.1, 0.15) is 0 Å². The van der Waals surface area contributed by atoms with Gasteiger partial charge in [-0.15, -0.1) is 0 Å².